The predicted molar refractivity (Wildman–Crippen MR) is 66.0 cm³/mol. The van der Waals surface area contributed by atoms with Crippen molar-refractivity contribution in [2.24, 2.45) is 5.92 Å². The number of nitrogens with one attached hydrogen (secondary N) is 3. The van der Waals surface area contributed by atoms with Gasteiger partial charge in [-0.05, 0) is 5.92 Å². The largest absolute Gasteiger partial charge is 0.480 e. The van der Waals surface area contributed by atoms with Gasteiger partial charge < -0.3 is 15.4 Å². The van der Waals surface area contributed by atoms with Crippen molar-refractivity contribution < 1.29 is 14.7 Å². The molecule has 0 aliphatic carbocycles. The van der Waals surface area contributed by atoms with E-state index < -0.39 is 29.2 Å². The zero-order valence-corrected chi connectivity index (χ0v) is 10.5. The van der Waals surface area contributed by atoms with Crippen LogP contribution < -0.4 is 16.6 Å². The van der Waals surface area contributed by atoms with Crippen molar-refractivity contribution in [1.29, 1.82) is 0 Å². The van der Waals surface area contributed by atoms with Crippen molar-refractivity contribution in [2.45, 2.75) is 26.3 Å². The summed E-state index contributed by atoms with van der Waals surface area (Å²) >= 11 is 0. The second-order valence-electron chi connectivity index (χ2n) is 4.18. The van der Waals surface area contributed by atoms with Crippen molar-refractivity contribution in [1.82, 2.24) is 15.3 Å². The van der Waals surface area contributed by atoms with Crippen LogP contribution in [-0.4, -0.2) is 33.0 Å². The lowest BCUT2D eigenvalue weighted by Gasteiger charge is -2.19. The third-order valence-corrected chi connectivity index (χ3v) is 2.77. The van der Waals surface area contributed by atoms with E-state index in [1.807, 2.05) is 4.98 Å². The highest BCUT2D eigenvalue weighted by atomic mass is 16.4. The smallest absolute Gasteiger partial charge is 0.326 e. The molecule has 0 saturated carbocycles. The van der Waals surface area contributed by atoms with Gasteiger partial charge in [0.25, 0.3) is 11.5 Å². The standard InChI is InChI=1S/C11H15N3O5/c1-3-5(2)8(10(17)18)14-9(16)6-4-7(15)13-11(19)12-6/h4-5,8H,3H2,1-2H3,(H,14,16)(H,17,18)(H2,12,13,15,19). The molecule has 0 fully saturated rings. The van der Waals surface area contributed by atoms with Crippen LogP contribution in [0.2, 0.25) is 0 Å². The number of carboxylic acid groups (broad SMARTS) is 1. The molecule has 2 atom stereocenters. The Labute approximate surface area is 107 Å². The number of rotatable bonds is 5. The van der Waals surface area contributed by atoms with E-state index in [0.717, 1.165) is 6.07 Å². The van der Waals surface area contributed by atoms with E-state index in [-0.39, 0.29) is 11.6 Å². The summed E-state index contributed by atoms with van der Waals surface area (Å²) in [5.74, 6) is -2.26. The van der Waals surface area contributed by atoms with Gasteiger partial charge in [0.1, 0.15) is 11.7 Å². The van der Waals surface area contributed by atoms with Gasteiger partial charge in [-0.2, -0.15) is 0 Å². The van der Waals surface area contributed by atoms with Crippen LogP contribution in [0.3, 0.4) is 0 Å². The molecule has 4 N–H and O–H groups in total. The highest BCUT2D eigenvalue weighted by Crippen LogP contribution is 2.08. The summed E-state index contributed by atoms with van der Waals surface area (Å²) in [7, 11) is 0. The SMILES string of the molecule is CCC(C)C(NC(=O)c1cc(=O)[nH]c(=O)[nH]1)C(=O)O. The lowest BCUT2D eigenvalue weighted by Crippen LogP contribution is -2.46. The molecule has 1 aromatic rings. The zero-order chi connectivity index (χ0) is 14.6. The molecule has 2 unspecified atom stereocenters. The zero-order valence-electron chi connectivity index (χ0n) is 10.5. The Balaban J connectivity index is 2.97. The van der Waals surface area contributed by atoms with Crippen LogP contribution >= 0.6 is 0 Å². The molecule has 0 aliphatic rings. The topological polar surface area (TPSA) is 132 Å². The number of aromatic amines is 2. The molecular formula is C11H15N3O5. The predicted octanol–water partition coefficient (Wildman–Crippen LogP) is -0.708. The van der Waals surface area contributed by atoms with Crippen LogP contribution in [0, 0.1) is 5.92 Å². The molecule has 0 spiro atoms. The van der Waals surface area contributed by atoms with Crippen LogP contribution in [-0.2, 0) is 4.79 Å². The fourth-order valence-corrected chi connectivity index (χ4v) is 1.49. The Hall–Kier alpha value is -2.38. The minimum Gasteiger partial charge on any atom is -0.480 e. The number of hydrogen-bond acceptors (Lipinski definition) is 4. The molecule has 0 saturated heterocycles. The third kappa shape index (κ3) is 3.80. The van der Waals surface area contributed by atoms with Gasteiger partial charge in [0.2, 0.25) is 0 Å². The van der Waals surface area contributed by atoms with Crippen molar-refractivity contribution in [3.05, 3.63) is 32.6 Å². The summed E-state index contributed by atoms with van der Waals surface area (Å²) in [6.07, 6.45) is 0.559. The van der Waals surface area contributed by atoms with Crippen molar-refractivity contribution >= 4 is 11.9 Å². The van der Waals surface area contributed by atoms with E-state index >= 15 is 0 Å². The average Bonchev–Trinajstić information content (AvgIpc) is 2.33. The summed E-state index contributed by atoms with van der Waals surface area (Å²) < 4.78 is 0. The summed E-state index contributed by atoms with van der Waals surface area (Å²) in [6, 6.07) is -0.188. The van der Waals surface area contributed by atoms with Gasteiger partial charge in [-0.15, -0.1) is 0 Å². The molecule has 0 aliphatic heterocycles. The first kappa shape index (κ1) is 14.7. The van der Waals surface area contributed by atoms with Gasteiger partial charge in [0.15, 0.2) is 0 Å². The van der Waals surface area contributed by atoms with E-state index in [2.05, 4.69) is 10.3 Å². The van der Waals surface area contributed by atoms with Crippen molar-refractivity contribution in [3.8, 4) is 0 Å². The maximum atomic E-state index is 11.8. The fourth-order valence-electron chi connectivity index (χ4n) is 1.49. The summed E-state index contributed by atoms with van der Waals surface area (Å²) in [4.78, 5) is 48.9. The highest BCUT2D eigenvalue weighted by molar-refractivity contribution is 5.94. The molecule has 0 aromatic carbocycles. The number of hydrogen-bond donors (Lipinski definition) is 4. The normalized spacial score (nSPS) is 13.6. The first-order valence-electron chi connectivity index (χ1n) is 5.72. The van der Waals surface area contributed by atoms with E-state index in [0.29, 0.717) is 6.42 Å². The van der Waals surface area contributed by atoms with E-state index in [1.54, 1.807) is 13.8 Å². The maximum absolute atomic E-state index is 11.8. The van der Waals surface area contributed by atoms with Gasteiger partial charge in [0, 0.05) is 6.07 Å². The number of aromatic nitrogens is 2. The van der Waals surface area contributed by atoms with Crippen LogP contribution in [0.1, 0.15) is 30.8 Å². The first-order chi connectivity index (χ1) is 8.85. The minimum atomic E-state index is -1.17. The molecule has 19 heavy (non-hydrogen) atoms. The molecule has 1 aromatic heterocycles. The van der Waals surface area contributed by atoms with Gasteiger partial charge in [-0.25, -0.2) is 9.59 Å². The average molecular weight is 269 g/mol. The van der Waals surface area contributed by atoms with E-state index in [9.17, 15) is 19.2 Å². The second kappa shape index (κ2) is 5.98. The molecule has 1 rings (SSSR count). The van der Waals surface area contributed by atoms with E-state index in [4.69, 9.17) is 5.11 Å². The Morgan fingerprint density at radius 3 is 2.47 bits per heavy atom. The number of aliphatic carboxylic acids is 1. The molecular weight excluding hydrogens is 254 g/mol. The van der Waals surface area contributed by atoms with Crippen LogP contribution in [0.25, 0.3) is 0 Å². The molecule has 0 radical (unpaired) electrons. The number of H-pyrrole nitrogens is 2. The number of amides is 1. The molecule has 0 bridgehead atoms. The summed E-state index contributed by atoms with van der Waals surface area (Å²) in [5.41, 5.74) is -1.83. The molecule has 1 amide bonds. The van der Waals surface area contributed by atoms with Crippen molar-refractivity contribution in [2.75, 3.05) is 0 Å². The van der Waals surface area contributed by atoms with Crippen molar-refractivity contribution in [3.63, 3.8) is 0 Å². The number of carboxylic acids is 1. The maximum Gasteiger partial charge on any atom is 0.326 e. The fraction of sp³-hybridized carbons (Fsp3) is 0.455. The number of carbonyl (C=O) groups excluding carboxylic acids is 1. The summed E-state index contributed by atoms with van der Waals surface area (Å²) in [6.45, 7) is 3.47. The monoisotopic (exact) mass is 269 g/mol. The van der Waals surface area contributed by atoms with Gasteiger partial charge in [0.05, 0.1) is 0 Å². The Morgan fingerprint density at radius 2 is 2.00 bits per heavy atom. The lowest BCUT2D eigenvalue weighted by molar-refractivity contribution is -0.140. The Morgan fingerprint density at radius 1 is 1.37 bits per heavy atom. The van der Waals surface area contributed by atoms with Crippen LogP contribution in [0.15, 0.2) is 15.7 Å². The quantitative estimate of drug-likeness (QED) is 0.560. The van der Waals surface area contributed by atoms with Gasteiger partial charge in [-0.1, -0.05) is 20.3 Å². The van der Waals surface area contributed by atoms with Crippen LogP contribution in [0.5, 0.6) is 0 Å². The Kier molecular flexibility index (Phi) is 4.62. The van der Waals surface area contributed by atoms with E-state index in [1.165, 1.54) is 0 Å². The molecule has 104 valence electrons. The molecule has 1 heterocycles. The molecule has 8 nitrogen and oxygen atoms in total. The van der Waals surface area contributed by atoms with Crippen LogP contribution in [0.4, 0.5) is 0 Å². The molecule has 8 heteroatoms. The first-order valence-corrected chi connectivity index (χ1v) is 5.72. The lowest BCUT2D eigenvalue weighted by atomic mass is 9.99. The summed E-state index contributed by atoms with van der Waals surface area (Å²) in [5, 5.41) is 11.3. The second-order valence-corrected chi connectivity index (χ2v) is 4.18. The van der Waals surface area contributed by atoms with Gasteiger partial charge >= 0.3 is 11.7 Å². The highest BCUT2D eigenvalue weighted by Gasteiger charge is 2.26. The third-order valence-electron chi connectivity index (χ3n) is 2.77. The minimum absolute atomic E-state index is 0.275. The Bertz CT molecular complexity index is 560. The van der Waals surface area contributed by atoms with Gasteiger partial charge in [-0.3, -0.25) is 14.6 Å². The number of carbonyl (C=O) groups is 2.